The zero-order valence-electron chi connectivity index (χ0n) is 9.16. The average Bonchev–Trinajstić information content (AvgIpc) is 2.65. The second-order valence-electron chi connectivity index (χ2n) is 3.90. The Hall–Kier alpha value is -1.12. The van der Waals surface area contributed by atoms with Crippen LogP contribution in [0.3, 0.4) is 0 Å². The molecule has 3 N–H and O–H groups in total. The van der Waals surface area contributed by atoms with Crippen molar-refractivity contribution in [3.05, 3.63) is 26.5 Å². The van der Waals surface area contributed by atoms with Gasteiger partial charge in [0.05, 0.1) is 18.0 Å². The van der Waals surface area contributed by atoms with Gasteiger partial charge < -0.3 is 10.2 Å². The summed E-state index contributed by atoms with van der Waals surface area (Å²) in [6.45, 7) is 1.35. The van der Waals surface area contributed by atoms with Crippen LogP contribution < -0.4 is 11.2 Å². The van der Waals surface area contributed by atoms with Gasteiger partial charge in [0.2, 0.25) is 0 Å². The van der Waals surface area contributed by atoms with E-state index in [-0.39, 0.29) is 22.9 Å². The highest BCUT2D eigenvalue weighted by Crippen LogP contribution is 2.39. The predicted molar refractivity (Wildman–Crippen MR) is 62.0 cm³/mol. The summed E-state index contributed by atoms with van der Waals surface area (Å²) in [5.41, 5.74) is -0.899. The first-order chi connectivity index (χ1) is 8.02. The largest absolute Gasteiger partial charge is 0.395 e. The summed E-state index contributed by atoms with van der Waals surface area (Å²) < 4.78 is 1.15. The first kappa shape index (κ1) is 12.3. The summed E-state index contributed by atoms with van der Waals surface area (Å²) in [4.78, 5) is 24.9. The molecule has 8 heteroatoms. The minimum absolute atomic E-state index is 0.153. The highest BCUT2D eigenvalue weighted by Gasteiger charge is 2.35. The molecule has 0 aliphatic carbocycles. The van der Waals surface area contributed by atoms with Gasteiger partial charge in [-0.2, -0.15) is 5.10 Å². The van der Waals surface area contributed by atoms with E-state index < -0.39 is 17.4 Å². The van der Waals surface area contributed by atoms with E-state index in [0.29, 0.717) is 6.42 Å². The van der Waals surface area contributed by atoms with Crippen LogP contribution in [0.25, 0.3) is 0 Å². The van der Waals surface area contributed by atoms with Gasteiger partial charge in [-0.15, -0.1) is 11.8 Å². The highest BCUT2D eigenvalue weighted by atomic mass is 32.2. The van der Waals surface area contributed by atoms with Crippen LogP contribution in [0.15, 0.2) is 9.59 Å². The SMILES string of the molecule is Cc1nn([C@H]2C[C@H](O)[C@@H](CO)S2)c(=O)[nH]c1=O. The molecule has 0 saturated carbocycles. The van der Waals surface area contributed by atoms with Crippen LogP contribution in [-0.2, 0) is 0 Å². The maximum atomic E-state index is 11.6. The molecule has 94 valence electrons. The van der Waals surface area contributed by atoms with Crippen LogP contribution >= 0.6 is 11.8 Å². The number of nitrogens with zero attached hydrogens (tertiary/aromatic N) is 2. The van der Waals surface area contributed by atoms with E-state index in [0.717, 1.165) is 4.68 Å². The summed E-state index contributed by atoms with van der Waals surface area (Å²) in [5.74, 6) is 0. The van der Waals surface area contributed by atoms with E-state index in [9.17, 15) is 14.7 Å². The van der Waals surface area contributed by atoms with Crippen LogP contribution in [0.5, 0.6) is 0 Å². The van der Waals surface area contributed by atoms with Crippen molar-refractivity contribution >= 4 is 11.8 Å². The first-order valence-corrected chi connectivity index (χ1v) is 6.11. The highest BCUT2D eigenvalue weighted by molar-refractivity contribution is 8.00. The monoisotopic (exact) mass is 259 g/mol. The molecule has 2 heterocycles. The molecule has 0 spiro atoms. The van der Waals surface area contributed by atoms with Crippen molar-refractivity contribution in [3.8, 4) is 0 Å². The first-order valence-electron chi connectivity index (χ1n) is 5.17. The lowest BCUT2D eigenvalue weighted by atomic mass is 10.2. The summed E-state index contributed by atoms with van der Waals surface area (Å²) >= 11 is 1.28. The molecular formula is C9H13N3O4S. The third-order valence-electron chi connectivity index (χ3n) is 2.67. The molecule has 1 aromatic heterocycles. The van der Waals surface area contributed by atoms with Gasteiger partial charge in [-0.05, 0) is 6.92 Å². The van der Waals surface area contributed by atoms with Crippen molar-refractivity contribution in [1.29, 1.82) is 0 Å². The van der Waals surface area contributed by atoms with E-state index >= 15 is 0 Å². The standard InChI is InChI=1S/C9H13N3O4S/c1-4-8(15)10-9(16)12(11-4)7-2-5(14)6(3-13)17-7/h5-7,13-14H,2-3H2,1H3,(H,10,15,16)/t5-,6+,7+/m0/s1. The van der Waals surface area contributed by atoms with Crippen LogP contribution in [0.4, 0.5) is 0 Å². The maximum Gasteiger partial charge on any atom is 0.345 e. The Balaban J connectivity index is 2.34. The average molecular weight is 259 g/mol. The smallest absolute Gasteiger partial charge is 0.345 e. The number of hydrogen-bond donors (Lipinski definition) is 3. The van der Waals surface area contributed by atoms with Crippen LogP contribution in [0, 0.1) is 6.92 Å². The van der Waals surface area contributed by atoms with Crippen LogP contribution in [0.2, 0.25) is 0 Å². The van der Waals surface area contributed by atoms with Gasteiger partial charge in [-0.1, -0.05) is 0 Å². The minimum Gasteiger partial charge on any atom is -0.395 e. The number of aliphatic hydroxyl groups is 2. The molecule has 1 aromatic rings. The molecule has 2 rings (SSSR count). The van der Waals surface area contributed by atoms with Gasteiger partial charge in [0.1, 0.15) is 11.1 Å². The molecule has 7 nitrogen and oxygen atoms in total. The number of aliphatic hydroxyl groups excluding tert-OH is 2. The van der Waals surface area contributed by atoms with Crippen molar-refractivity contribution in [2.24, 2.45) is 0 Å². The summed E-state index contributed by atoms with van der Waals surface area (Å²) in [5, 5.41) is 21.9. The van der Waals surface area contributed by atoms with Gasteiger partial charge in [-0.3, -0.25) is 9.78 Å². The Kier molecular flexibility index (Phi) is 3.36. The van der Waals surface area contributed by atoms with Gasteiger partial charge in [0.25, 0.3) is 5.56 Å². The predicted octanol–water partition coefficient (Wildman–Crippen LogP) is -1.40. The fourth-order valence-electron chi connectivity index (χ4n) is 1.72. The lowest BCUT2D eigenvalue weighted by Crippen LogP contribution is -2.35. The zero-order chi connectivity index (χ0) is 12.6. The molecular weight excluding hydrogens is 246 g/mol. The molecule has 0 amide bonds. The quantitative estimate of drug-likeness (QED) is 0.602. The molecule has 3 atom stereocenters. The molecule has 1 aliphatic rings. The van der Waals surface area contributed by atoms with E-state index in [4.69, 9.17) is 5.11 Å². The summed E-state index contributed by atoms with van der Waals surface area (Å²) in [7, 11) is 0. The normalized spacial score (nSPS) is 28.5. The van der Waals surface area contributed by atoms with E-state index in [1.54, 1.807) is 0 Å². The second-order valence-corrected chi connectivity index (χ2v) is 5.33. The Morgan fingerprint density at radius 3 is 2.88 bits per heavy atom. The Morgan fingerprint density at radius 2 is 2.29 bits per heavy atom. The topological polar surface area (TPSA) is 108 Å². The summed E-state index contributed by atoms with van der Waals surface area (Å²) in [6.07, 6.45) is -0.343. The summed E-state index contributed by atoms with van der Waals surface area (Å²) in [6, 6.07) is 0. The van der Waals surface area contributed by atoms with Crippen molar-refractivity contribution in [2.45, 2.75) is 30.1 Å². The second kappa shape index (κ2) is 4.63. The molecule has 0 unspecified atom stereocenters. The lowest BCUT2D eigenvalue weighted by Gasteiger charge is -2.11. The molecule has 0 radical (unpaired) electrons. The van der Waals surface area contributed by atoms with Crippen LogP contribution in [0.1, 0.15) is 17.5 Å². The number of hydrogen-bond acceptors (Lipinski definition) is 6. The number of nitrogens with one attached hydrogen (secondary N) is 1. The Bertz CT molecular complexity index is 526. The van der Waals surface area contributed by atoms with Crippen molar-refractivity contribution < 1.29 is 10.2 Å². The third kappa shape index (κ3) is 2.28. The van der Waals surface area contributed by atoms with Crippen LogP contribution in [-0.4, -0.2) is 42.9 Å². The van der Waals surface area contributed by atoms with E-state index in [1.807, 2.05) is 0 Å². The number of H-pyrrole nitrogens is 1. The van der Waals surface area contributed by atoms with Crippen molar-refractivity contribution in [3.63, 3.8) is 0 Å². The fourth-order valence-corrected chi connectivity index (χ4v) is 3.07. The molecule has 1 saturated heterocycles. The molecule has 0 bridgehead atoms. The number of aromatic nitrogens is 3. The maximum absolute atomic E-state index is 11.6. The van der Waals surface area contributed by atoms with Gasteiger partial charge in [-0.25, -0.2) is 9.48 Å². The van der Waals surface area contributed by atoms with E-state index in [1.165, 1.54) is 18.7 Å². The molecule has 1 aliphatic heterocycles. The van der Waals surface area contributed by atoms with Gasteiger partial charge in [0.15, 0.2) is 0 Å². The molecule has 1 fully saturated rings. The zero-order valence-corrected chi connectivity index (χ0v) is 9.98. The number of thioether (sulfide) groups is 1. The Labute approximate surface area is 100 Å². The molecule has 17 heavy (non-hydrogen) atoms. The van der Waals surface area contributed by atoms with Gasteiger partial charge in [0, 0.05) is 6.42 Å². The van der Waals surface area contributed by atoms with Gasteiger partial charge >= 0.3 is 5.69 Å². The minimum atomic E-state index is -0.670. The Morgan fingerprint density at radius 1 is 1.59 bits per heavy atom. The number of rotatable bonds is 2. The lowest BCUT2D eigenvalue weighted by molar-refractivity contribution is 0.136. The third-order valence-corrected chi connectivity index (χ3v) is 4.19. The van der Waals surface area contributed by atoms with Crippen molar-refractivity contribution in [1.82, 2.24) is 14.8 Å². The number of aromatic amines is 1. The van der Waals surface area contributed by atoms with Crippen molar-refractivity contribution in [2.75, 3.05) is 6.61 Å². The fraction of sp³-hybridized carbons (Fsp3) is 0.667. The van der Waals surface area contributed by atoms with E-state index in [2.05, 4.69) is 10.1 Å². The number of aryl methyl sites for hydroxylation is 1. The molecule has 0 aromatic carbocycles.